The number of benzene rings is 1. The Morgan fingerprint density at radius 3 is 2.21 bits per heavy atom. The maximum absolute atomic E-state index is 12.4. The Morgan fingerprint density at radius 1 is 1.21 bits per heavy atom. The van der Waals surface area contributed by atoms with Gasteiger partial charge in [-0.2, -0.15) is 13.2 Å². The van der Waals surface area contributed by atoms with Crippen LogP contribution < -0.4 is 0 Å². The molecule has 0 aliphatic rings. The largest absolute Gasteiger partial charge is 0.417 e. The molecule has 0 aromatic heterocycles. The third-order valence-electron chi connectivity index (χ3n) is 1.52. The first-order valence-electron chi connectivity index (χ1n) is 3.37. The molecule has 0 N–H and O–H groups in total. The topological polar surface area (TPSA) is 17.1 Å². The lowest BCUT2D eigenvalue weighted by Gasteiger charge is -2.10. The first kappa shape index (κ1) is 11.7. The van der Waals surface area contributed by atoms with Crippen LogP contribution in [0, 0.1) is 0 Å². The molecule has 0 fully saturated rings. The second-order valence-electron chi connectivity index (χ2n) is 2.46. The fraction of sp³-hybridized carbons (Fsp3) is 0.125. The van der Waals surface area contributed by atoms with Crippen LogP contribution in [-0.2, 0) is 6.18 Å². The van der Waals surface area contributed by atoms with E-state index in [-0.39, 0.29) is 20.8 Å². The Morgan fingerprint density at radius 2 is 1.79 bits per heavy atom. The van der Waals surface area contributed by atoms with Crippen molar-refractivity contribution >= 4 is 38.1 Å². The Labute approximate surface area is 94.6 Å². The first-order valence-corrected chi connectivity index (χ1v) is 4.96. The summed E-state index contributed by atoms with van der Waals surface area (Å²) >= 11 is 5.81. The van der Waals surface area contributed by atoms with Gasteiger partial charge in [0.25, 0.3) is 0 Å². The van der Waals surface area contributed by atoms with E-state index in [1.54, 1.807) is 0 Å². The van der Waals surface area contributed by atoms with Crippen LogP contribution in [-0.4, -0.2) is 6.29 Å². The number of hydrogen-bond donors (Lipinski definition) is 0. The van der Waals surface area contributed by atoms with E-state index in [2.05, 4.69) is 31.9 Å². The molecule has 6 heteroatoms. The standard InChI is InChI=1S/C8H3Br2F3O/c9-4-1-6(8(11,12)13)5(3-14)7(10)2-4/h1-3H. The van der Waals surface area contributed by atoms with E-state index in [4.69, 9.17) is 0 Å². The minimum Gasteiger partial charge on any atom is -0.298 e. The normalized spacial score (nSPS) is 11.5. The molecule has 0 unspecified atom stereocenters. The van der Waals surface area contributed by atoms with Gasteiger partial charge in [-0.15, -0.1) is 0 Å². The average Bonchev–Trinajstić information content (AvgIpc) is 2.01. The number of carbonyl (C=O) groups is 1. The van der Waals surface area contributed by atoms with Gasteiger partial charge in [0.1, 0.15) is 0 Å². The highest BCUT2D eigenvalue weighted by Gasteiger charge is 2.34. The molecule has 76 valence electrons. The van der Waals surface area contributed by atoms with Crippen LogP contribution in [0.1, 0.15) is 15.9 Å². The van der Waals surface area contributed by atoms with Crippen LogP contribution in [0.3, 0.4) is 0 Å². The zero-order valence-electron chi connectivity index (χ0n) is 6.53. The smallest absolute Gasteiger partial charge is 0.298 e. The van der Waals surface area contributed by atoms with E-state index in [1.165, 1.54) is 6.07 Å². The van der Waals surface area contributed by atoms with Crippen molar-refractivity contribution in [3.05, 3.63) is 32.2 Å². The molecule has 0 aliphatic carbocycles. The van der Waals surface area contributed by atoms with E-state index in [0.29, 0.717) is 0 Å². The Kier molecular flexibility index (Phi) is 3.36. The summed E-state index contributed by atoms with van der Waals surface area (Å²) in [5.74, 6) is 0. The van der Waals surface area contributed by atoms with Gasteiger partial charge in [-0.05, 0) is 12.1 Å². The lowest BCUT2D eigenvalue weighted by atomic mass is 10.1. The third kappa shape index (κ3) is 2.36. The molecule has 0 saturated carbocycles. The molecule has 0 saturated heterocycles. The molecule has 1 aromatic carbocycles. The second kappa shape index (κ2) is 4.02. The number of aldehydes is 1. The summed E-state index contributed by atoms with van der Waals surface area (Å²) in [4.78, 5) is 10.5. The highest BCUT2D eigenvalue weighted by molar-refractivity contribution is 9.11. The van der Waals surface area contributed by atoms with Gasteiger partial charge in [0.15, 0.2) is 6.29 Å². The Hall–Kier alpha value is -0.360. The summed E-state index contributed by atoms with van der Waals surface area (Å²) in [6.45, 7) is 0. The van der Waals surface area contributed by atoms with Crippen LogP contribution >= 0.6 is 31.9 Å². The van der Waals surface area contributed by atoms with Gasteiger partial charge >= 0.3 is 6.18 Å². The lowest BCUT2D eigenvalue weighted by Crippen LogP contribution is -2.09. The van der Waals surface area contributed by atoms with E-state index < -0.39 is 11.7 Å². The number of carbonyl (C=O) groups excluding carboxylic acids is 1. The number of alkyl halides is 3. The van der Waals surface area contributed by atoms with Gasteiger partial charge in [-0.3, -0.25) is 4.79 Å². The van der Waals surface area contributed by atoms with Crippen LogP contribution in [0.5, 0.6) is 0 Å². The molecule has 1 nitrogen and oxygen atoms in total. The molecule has 0 bridgehead atoms. The van der Waals surface area contributed by atoms with Crippen LogP contribution in [0.15, 0.2) is 21.1 Å². The molecule has 0 heterocycles. The van der Waals surface area contributed by atoms with Gasteiger partial charge in [0, 0.05) is 14.5 Å². The van der Waals surface area contributed by atoms with Crippen molar-refractivity contribution in [2.24, 2.45) is 0 Å². The molecular weight excluding hydrogens is 329 g/mol. The van der Waals surface area contributed by atoms with Crippen molar-refractivity contribution in [3.63, 3.8) is 0 Å². The van der Waals surface area contributed by atoms with Crippen molar-refractivity contribution in [2.75, 3.05) is 0 Å². The maximum Gasteiger partial charge on any atom is 0.417 e. The lowest BCUT2D eigenvalue weighted by molar-refractivity contribution is -0.137. The number of hydrogen-bond acceptors (Lipinski definition) is 1. The highest BCUT2D eigenvalue weighted by atomic mass is 79.9. The van der Waals surface area contributed by atoms with E-state index in [9.17, 15) is 18.0 Å². The monoisotopic (exact) mass is 330 g/mol. The average molecular weight is 332 g/mol. The summed E-state index contributed by atoms with van der Waals surface area (Å²) in [5, 5.41) is 0. The SMILES string of the molecule is O=Cc1c(Br)cc(Br)cc1C(F)(F)F. The second-order valence-corrected chi connectivity index (χ2v) is 4.23. The van der Waals surface area contributed by atoms with Crippen LogP contribution in [0.2, 0.25) is 0 Å². The molecular formula is C8H3Br2F3O. The minimum atomic E-state index is -4.53. The zero-order valence-corrected chi connectivity index (χ0v) is 9.70. The summed E-state index contributed by atoms with van der Waals surface area (Å²) < 4.78 is 37.6. The fourth-order valence-electron chi connectivity index (χ4n) is 0.939. The van der Waals surface area contributed by atoms with Crippen molar-refractivity contribution in [1.29, 1.82) is 0 Å². The first-order chi connectivity index (χ1) is 6.36. The molecule has 1 aromatic rings. The van der Waals surface area contributed by atoms with Gasteiger partial charge in [-0.1, -0.05) is 31.9 Å². The van der Waals surface area contributed by atoms with Crippen molar-refractivity contribution < 1.29 is 18.0 Å². The van der Waals surface area contributed by atoms with Gasteiger partial charge in [0.2, 0.25) is 0 Å². The third-order valence-corrected chi connectivity index (χ3v) is 2.63. The Bertz CT molecular complexity index is 374. The fourth-order valence-corrected chi connectivity index (χ4v) is 2.26. The van der Waals surface area contributed by atoms with E-state index in [0.717, 1.165) is 6.07 Å². The molecule has 14 heavy (non-hydrogen) atoms. The van der Waals surface area contributed by atoms with Crippen molar-refractivity contribution in [2.45, 2.75) is 6.18 Å². The Balaban J connectivity index is 3.48. The maximum atomic E-state index is 12.4. The van der Waals surface area contributed by atoms with E-state index >= 15 is 0 Å². The van der Waals surface area contributed by atoms with Crippen molar-refractivity contribution in [3.8, 4) is 0 Å². The highest BCUT2D eigenvalue weighted by Crippen LogP contribution is 2.36. The van der Waals surface area contributed by atoms with Gasteiger partial charge in [-0.25, -0.2) is 0 Å². The minimum absolute atomic E-state index is 0.120. The van der Waals surface area contributed by atoms with E-state index in [1.807, 2.05) is 0 Å². The summed E-state index contributed by atoms with van der Waals surface area (Å²) in [7, 11) is 0. The number of halogens is 5. The van der Waals surface area contributed by atoms with Crippen molar-refractivity contribution in [1.82, 2.24) is 0 Å². The number of rotatable bonds is 1. The van der Waals surface area contributed by atoms with Crippen LogP contribution in [0.4, 0.5) is 13.2 Å². The quantitative estimate of drug-likeness (QED) is 0.710. The van der Waals surface area contributed by atoms with Crippen LogP contribution in [0.25, 0.3) is 0 Å². The predicted molar refractivity (Wildman–Crippen MR) is 52.2 cm³/mol. The molecule has 0 radical (unpaired) electrons. The summed E-state index contributed by atoms with van der Waals surface area (Å²) in [6.07, 6.45) is -4.35. The molecule has 0 spiro atoms. The predicted octanol–water partition coefficient (Wildman–Crippen LogP) is 4.04. The molecule has 0 amide bonds. The zero-order chi connectivity index (χ0) is 10.9. The summed E-state index contributed by atoms with van der Waals surface area (Å²) in [6, 6.07) is 2.26. The molecule has 0 atom stereocenters. The van der Waals surface area contributed by atoms with Gasteiger partial charge < -0.3 is 0 Å². The molecule has 1 rings (SSSR count). The van der Waals surface area contributed by atoms with Gasteiger partial charge in [0.05, 0.1) is 5.56 Å². The molecule has 0 aliphatic heterocycles. The summed E-state index contributed by atoms with van der Waals surface area (Å²) in [5.41, 5.74) is -1.34.